The largest absolute Gasteiger partial charge is 0.357 e. The van der Waals surface area contributed by atoms with Gasteiger partial charge in [0.25, 0.3) is 5.91 Å². The Morgan fingerprint density at radius 2 is 2.00 bits per heavy atom. The summed E-state index contributed by atoms with van der Waals surface area (Å²) < 4.78 is 0. The van der Waals surface area contributed by atoms with Crippen molar-refractivity contribution < 1.29 is 14.4 Å². The highest BCUT2D eigenvalue weighted by Crippen LogP contribution is 2.29. The predicted octanol–water partition coefficient (Wildman–Crippen LogP) is 2.56. The molecule has 4 rings (SSSR count). The van der Waals surface area contributed by atoms with Crippen LogP contribution in [-0.2, 0) is 14.4 Å². The molecule has 1 aliphatic carbocycles. The summed E-state index contributed by atoms with van der Waals surface area (Å²) in [5.74, 6) is -0.442. The molecule has 0 aromatic carbocycles. The Balaban J connectivity index is 1.43. The van der Waals surface area contributed by atoms with Gasteiger partial charge in [0.05, 0.1) is 24.1 Å². The molecule has 2 aliphatic rings. The van der Waals surface area contributed by atoms with Gasteiger partial charge >= 0.3 is 0 Å². The normalized spacial score (nSPS) is 16.0. The fourth-order valence-electron chi connectivity index (χ4n) is 3.87. The Kier molecular flexibility index (Phi) is 6.30. The quantitative estimate of drug-likeness (QED) is 0.675. The van der Waals surface area contributed by atoms with E-state index >= 15 is 0 Å². The smallest absolute Gasteiger partial charge is 0.270 e. The average Bonchev–Trinajstić information content (AvgIpc) is 3.64. The molecule has 0 radical (unpaired) electrons. The van der Waals surface area contributed by atoms with E-state index in [1.54, 1.807) is 35.3 Å². The van der Waals surface area contributed by atoms with Crippen molar-refractivity contribution in [2.45, 2.75) is 38.6 Å². The van der Waals surface area contributed by atoms with Gasteiger partial charge in [0.2, 0.25) is 5.91 Å². The Bertz CT molecular complexity index is 1040. The lowest BCUT2D eigenvalue weighted by atomic mass is 10.0. The average molecular weight is 434 g/mol. The molecule has 32 heavy (non-hydrogen) atoms. The third kappa shape index (κ3) is 4.85. The van der Waals surface area contributed by atoms with Gasteiger partial charge in [-0.2, -0.15) is 0 Å². The summed E-state index contributed by atoms with van der Waals surface area (Å²) in [6.45, 7) is 2.48. The second-order valence-corrected chi connectivity index (χ2v) is 8.33. The Labute approximate surface area is 187 Å². The minimum atomic E-state index is -0.261. The van der Waals surface area contributed by atoms with Crippen LogP contribution in [0.1, 0.15) is 31.4 Å². The van der Waals surface area contributed by atoms with Crippen LogP contribution in [0, 0.1) is 6.92 Å². The third-order valence-electron chi connectivity index (χ3n) is 5.84. The number of allylic oxidation sites excluding steroid dienone is 1. The summed E-state index contributed by atoms with van der Waals surface area (Å²) >= 11 is 0. The van der Waals surface area contributed by atoms with E-state index in [1.807, 2.05) is 25.1 Å². The number of likely N-dealkylation sites (N-methyl/N-ethyl adjacent to an activating group) is 1. The summed E-state index contributed by atoms with van der Waals surface area (Å²) in [5.41, 5.74) is 3.99. The lowest BCUT2D eigenvalue weighted by Crippen LogP contribution is -2.43. The first-order chi connectivity index (χ1) is 15.5. The fourth-order valence-corrected chi connectivity index (χ4v) is 3.87. The van der Waals surface area contributed by atoms with Gasteiger partial charge in [-0.1, -0.05) is 0 Å². The van der Waals surface area contributed by atoms with Gasteiger partial charge in [-0.15, -0.1) is 0 Å². The van der Waals surface area contributed by atoms with Crippen LogP contribution in [0.5, 0.6) is 0 Å². The Morgan fingerprint density at radius 3 is 2.62 bits per heavy atom. The fraction of sp³-hybridized carbons (Fsp3) is 0.375. The van der Waals surface area contributed by atoms with E-state index in [4.69, 9.17) is 0 Å². The van der Waals surface area contributed by atoms with Gasteiger partial charge in [-0.05, 0) is 56.9 Å². The number of nitrogens with zero attached hydrogens (tertiary/aromatic N) is 4. The molecule has 1 saturated carbocycles. The highest BCUT2D eigenvalue weighted by atomic mass is 16.2. The molecule has 0 bridgehead atoms. The first kappa shape index (κ1) is 21.7. The van der Waals surface area contributed by atoms with Crippen molar-refractivity contribution in [3.63, 3.8) is 0 Å². The number of pyridine rings is 2. The molecule has 1 aliphatic heterocycles. The molecule has 0 spiro atoms. The molecule has 8 heteroatoms. The van der Waals surface area contributed by atoms with Gasteiger partial charge in [-0.3, -0.25) is 24.4 Å². The minimum Gasteiger partial charge on any atom is -0.357 e. The maximum atomic E-state index is 13.0. The summed E-state index contributed by atoms with van der Waals surface area (Å²) in [6, 6.07) is 7.72. The lowest BCUT2D eigenvalue weighted by Gasteiger charge is -2.33. The van der Waals surface area contributed by atoms with Crippen molar-refractivity contribution in [1.82, 2.24) is 19.8 Å². The number of hydrogen-bond acceptors (Lipinski definition) is 6. The van der Waals surface area contributed by atoms with E-state index in [0.29, 0.717) is 29.9 Å². The predicted molar refractivity (Wildman–Crippen MR) is 121 cm³/mol. The van der Waals surface area contributed by atoms with Crippen molar-refractivity contribution in [1.29, 1.82) is 0 Å². The first-order valence-electron chi connectivity index (χ1n) is 10.9. The van der Waals surface area contributed by atoms with E-state index in [1.165, 1.54) is 0 Å². The van der Waals surface area contributed by atoms with Crippen molar-refractivity contribution in [3.05, 3.63) is 53.6 Å². The molecule has 1 N–H and O–H groups in total. The van der Waals surface area contributed by atoms with E-state index in [-0.39, 0.29) is 24.4 Å². The topological polar surface area (TPSA) is 95.5 Å². The number of anilines is 1. The summed E-state index contributed by atoms with van der Waals surface area (Å²) in [4.78, 5) is 49.5. The SMILES string of the molecule is Cc1ccc(-c2ccc(NC(=O)CN3CCCC(C=O)=C3C(=O)N(C)C3CC3)cn2)cn1. The van der Waals surface area contributed by atoms with Crippen molar-refractivity contribution >= 4 is 23.8 Å². The summed E-state index contributed by atoms with van der Waals surface area (Å²) in [5, 5.41) is 2.84. The lowest BCUT2D eigenvalue weighted by molar-refractivity contribution is -0.129. The zero-order valence-electron chi connectivity index (χ0n) is 18.4. The van der Waals surface area contributed by atoms with Gasteiger partial charge in [0, 0.05) is 42.7 Å². The molecule has 166 valence electrons. The highest BCUT2D eigenvalue weighted by Gasteiger charge is 2.35. The van der Waals surface area contributed by atoms with Crippen LogP contribution in [0.15, 0.2) is 47.9 Å². The molecular formula is C24H27N5O3. The van der Waals surface area contributed by atoms with Crippen LogP contribution in [0.25, 0.3) is 11.3 Å². The van der Waals surface area contributed by atoms with E-state index in [0.717, 1.165) is 42.5 Å². The van der Waals surface area contributed by atoms with Crippen LogP contribution >= 0.6 is 0 Å². The van der Waals surface area contributed by atoms with Gasteiger partial charge in [0.15, 0.2) is 0 Å². The number of aryl methyl sites for hydroxylation is 1. The number of aromatic nitrogens is 2. The molecule has 0 saturated heterocycles. The standard InChI is InChI=1S/C24H27N5O3/c1-16-5-6-17(12-25-16)21-10-7-19(13-26-21)27-22(31)14-29-11-3-4-18(15-30)23(29)24(32)28(2)20-8-9-20/h5-7,10,12-13,15,20H,3-4,8-9,11,14H2,1-2H3,(H,27,31). The summed E-state index contributed by atoms with van der Waals surface area (Å²) in [7, 11) is 1.76. The van der Waals surface area contributed by atoms with Crippen LogP contribution in [-0.4, -0.2) is 64.0 Å². The molecule has 0 unspecified atom stereocenters. The number of carbonyl (C=O) groups is 3. The van der Waals surface area contributed by atoms with Crippen LogP contribution in [0.2, 0.25) is 0 Å². The van der Waals surface area contributed by atoms with Crippen molar-refractivity contribution in [2.75, 3.05) is 25.5 Å². The van der Waals surface area contributed by atoms with Crippen molar-refractivity contribution in [3.8, 4) is 11.3 Å². The minimum absolute atomic E-state index is 0.000549. The van der Waals surface area contributed by atoms with Crippen molar-refractivity contribution in [2.24, 2.45) is 0 Å². The molecule has 2 aromatic heterocycles. The van der Waals surface area contributed by atoms with Gasteiger partial charge in [0.1, 0.15) is 12.0 Å². The van der Waals surface area contributed by atoms with Gasteiger partial charge < -0.3 is 15.1 Å². The van der Waals surface area contributed by atoms with E-state index in [9.17, 15) is 14.4 Å². The van der Waals surface area contributed by atoms with E-state index < -0.39 is 0 Å². The Hall–Kier alpha value is -3.55. The molecular weight excluding hydrogens is 406 g/mol. The third-order valence-corrected chi connectivity index (χ3v) is 5.84. The molecule has 8 nitrogen and oxygen atoms in total. The monoisotopic (exact) mass is 433 g/mol. The zero-order valence-corrected chi connectivity index (χ0v) is 18.4. The van der Waals surface area contributed by atoms with Gasteiger partial charge in [-0.25, -0.2) is 0 Å². The summed E-state index contributed by atoms with van der Waals surface area (Å²) in [6.07, 6.45) is 7.36. The molecule has 3 heterocycles. The number of aldehydes is 1. The second-order valence-electron chi connectivity index (χ2n) is 8.33. The number of hydrogen-bond donors (Lipinski definition) is 1. The van der Waals surface area contributed by atoms with E-state index in [2.05, 4.69) is 15.3 Å². The second kappa shape index (κ2) is 9.30. The molecule has 2 amide bonds. The van der Waals surface area contributed by atoms with Crippen LogP contribution < -0.4 is 5.32 Å². The number of carbonyl (C=O) groups excluding carboxylic acids is 3. The number of nitrogens with one attached hydrogen (secondary N) is 1. The maximum Gasteiger partial charge on any atom is 0.270 e. The molecule has 1 fully saturated rings. The van der Waals surface area contributed by atoms with Crippen LogP contribution in [0.4, 0.5) is 5.69 Å². The number of amides is 2. The van der Waals surface area contributed by atoms with Crippen LogP contribution in [0.3, 0.4) is 0 Å². The molecule has 2 aromatic rings. The number of rotatable bonds is 7. The first-order valence-corrected chi connectivity index (χ1v) is 10.9. The maximum absolute atomic E-state index is 13.0. The Morgan fingerprint density at radius 1 is 1.19 bits per heavy atom. The molecule has 0 atom stereocenters. The zero-order chi connectivity index (χ0) is 22.7. The highest BCUT2D eigenvalue weighted by molar-refractivity contribution is 6.00.